The summed E-state index contributed by atoms with van der Waals surface area (Å²) in [6.07, 6.45) is 60.2. The zero-order valence-corrected chi connectivity index (χ0v) is 40.6. The van der Waals surface area contributed by atoms with Gasteiger partial charge in [-0.1, -0.05) is 211 Å². The van der Waals surface area contributed by atoms with E-state index >= 15 is 0 Å². The highest BCUT2D eigenvalue weighted by atomic mass is 17.2. The van der Waals surface area contributed by atoms with Crippen molar-refractivity contribution in [3.63, 3.8) is 0 Å². The standard InChI is InChI=1S/C54H99NO6/c1-4-7-10-13-16-19-22-25-28-31-34-37-40-43-46-49-52(56)59-55(60-53(57)50-47-44-41-38-35-32-29-26-23-20-17-14-11-8-5-2)61-54(58)51-48-45-42-39-36-33-30-27-24-21-18-15-12-9-6-3/h25-30H,4-24,31-51H2,1-3H3/b28-25-,29-26-,30-27-. The lowest BCUT2D eigenvalue weighted by molar-refractivity contribution is -0.464. The van der Waals surface area contributed by atoms with Crippen LogP contribution < -0.4 is 0 Å². The molecule has 0 unspecified atom stereocenters. The maximum absolute atomic E-state index is 12.7. The monoisotopic (exact) mass is 858 g/mol. The van der Waals surface area contributed by atoms with Gasteiger partial charge in [-0.3, -0.25) is 14.4 Å². The summed E-state index contributed by atoms with van der Waals surface area (Å²) in [6.45, 7) is 6.77. The summed E-state index contributed by atoms with van der Waals surface area (Å²) in [5.41, 5.74) is 0. The summed E-state index contributed by atoms with van der Waals surface area (Å²) >= 11 is 0. The Morgan fingerprint density at radius 1 is 0.279 bits per heavy atom. The second-order valence-electron chi connectivity index (χ2n) is 17.6. The van der Waals surface area contributed by atoms with Crippen LogP contribution in [0, 0.1) is 0 Å². The molecule has 0 aromatic heterocycles. The van der Waals surface area contributed by atoms with Crippen LogP contribution in [0.2, 0.25) is 0 Å². The second kappa shape index (κ2) is 50.2. The van der Waals surface area contributed by atoms with Crippen molar-refractivity contribution in [3.8, 4) is 0 Å². The van der Waals surface area contributed by atoms with Crippen LogP contribution in [0.3, 0.4) is 0 Å². The van der Waals surface area contributed by atoms with Crippen molar-refractivity contribution in [1.82, 2.24) is 5.39 Å². The van der Waals surface area contributed by atoms with E-state index in [1.54, 1.807) is 0 Å². The quantitative estimate of drug-likeness (QED) is 0.0342. The zero-order valence-electron chi connectivity index (χ0n) is 40.6. The molecule has 0 heterocycles. The van der Waals surface area contributed by atoms with Crippen molar-refractivity contribution >= 4 is 17.9 Å². The molecule has 0 fully saturated rings. The molecule has 0 aromatic rings. The topological polar surface area (TPSA) is 82.1 Å². The Bertz CT molecular complexity index is 910. The number of unbranched alkanes of at least 4 members (excludes halogenated alkanes) is 33. The van der Waals surface area contributed by atoms with E-state index in [1.807, 2.05) is 0 Å². The normalized spacial score (nSPS) is 11.8. The smallest absolute Gasteiger partial charge is 0.300 e. The molecule has 7 heteroatoms. The lowest BCUT2D eigenvalue weighted by Crippen LogP contribution is -2.33. The van der Waals surface area contributed by atoms with Gasteiger partial charge in [0.1, 0.15) is 0 Å². The fourth-order valence-electron chi connectivity index (χ4n) is 7.46. The molecule has 0 bridgehead atoms. The van der Waals surface area contributed by atoms with Gasteiger partial charge in [0.25, 0.3) is 0 Å². The van der Waals surface area contributed by atoms with Gasteiger partial charge in [0.15, 0.2) is 0 Å². The fourth-order valence-corrected chi connectivity index (χ4v) is 7.46. The molecular weight excluding hydrogens is 759 g/mol. The average Bonchev–Trinajstić information content (AvgIpc) is 3.25. The molecule has 0 spiro atoms. The van der Waals surface area contributed by atoms with E-state index in [9.17, 15) is 14.4 Å². The van der Waals surface area contributed by atoms with Crippen LogP contribution in [0.15, 0.2) is 36.5 Å². The summed E-state index contributed by atoms with van der Waals surface area (Å²) in [4.78, 5) is 53.9. The first kappa shape index (κ1) is 58.6. The Morgan fingerprint density at radius 3 is 0.672 bits per heavy atom. The molecule has 356 valence electrons. The number of hydrogen-bond acceptors (Lipinski definition) is 7. The molecule has 0 N–H and O–H groups in total. The van der Waals surface area contributed by atoms with E-state index in [-0.39, 0.29) is 19.3 Å². The molecule has 0 aliphatic heterocycles. The molecule has 0 atom stereocenters. The minimum Gasteiger partial charge on any atom is -0.300 e. The maximum Gasteiger partial charge on any atom is 0.332 e. The van der Waals surface area contributed by atoms with Gasteiger partial charge in [-0.05, 0) is 96.3 Å². The Balaban J connectivity index is 4.42. The Kier molecular flexibility index (Phi) is 48.3. The van der Waals surface area contributed by atoms with Gasteiger partial charge in [0.2, 0.25) is 5.39 Å². The molecule has 0 aliphatic rings. The van der Waals surface area contributed by atoms with Crippen molar-refractivity contribution in [2.24, 2.45) is 0 Å². The van der Waals surface area contributed by atoms with Gasteiger partial charge in [0, 0.05) is 19.3 Å². The first-order chi connectivity index (χ1) is 30.0. The predicted molar refractivity (Wildman–Crippen MR) is 258 cm³/mol. The number of hydrogen-bond donors (Lipinski definition) is 0. The van der Waals surface area contributed by atoms with E-state index in [2.05, 4.69) is 57.2 Å². The Hall–Kier alpha value is -2.41. The molecule has 7 nitrogen and oxygen atoms in total. The first-order valence-electron chi connectivity index (χ1n) is 26.4. The van der Waals surface area contributed by atoms with Crippen molar-refractivity contribution < 1.29 is 28.9 Å². The SMILES string of the molecule is CCCCCCCC/C=C\CCCCCCCC(=O)ON(OC(=O)CCCCCCC/C=C\CCCCCCCC)OC(=O)CCCCCCC/C=C\CCCCCCCC. The molecule has 0 aromatic carbocycles. The summed E-state index contributed by atoms with van der Waals surface area (Å²) in [5.74, 6) is -1.71. The summed E-state index contributed by atoms with van der Waals surface area (Å²) in [5, 5.41) is 0.375. The van der Waals surface area contributed by atoms with Gasteiger partial charge in [-0.25, -0.2) is 0 Å². The zero-order chi connectivity index (χ0) is 44.4. The highest BCUT2D eigenvalue weighted by Gasteiger charge is 2.22. The predicted octanol–water partition coefficient (Wildman–Crippen LogP) is 17.8. The fraction of sp³-hybridized carbons (Fsp3) is 0.833. The minimum atomic E-state index is -0.569. The molecule has 0 rings (SSSR count). The minimum absolute atomic E-state index is 0.173. The van der Waals surface area contributed by atoms with E-state index in [0.29, 0.717) is 24.7 Å². The highest BCUT2D eigenvalue weighted by Crippen LogP contribution is 2.15. The van der Waals surface area contributed by atoms with Crippen molar-refractivity contribution in [2.75, 3.05) is 0 Å². The molecular formula is C54H99NO6. The Morgan fingerprint density at radius 2 is 0.459 bits per heavy atom. The van der Waals surface area contributed by atoms with Gasteiger partial charge < -0.3 is 14.5 Å². The molecule has 0 aliphatic carbocycles. The first-order valence-corrected chi connectivity index (χ1v) is 26.4. The molecule has 0 amide bonds. The number of carbonyl (C=O) groups is 3. The van der Waals surface area contributed by atoms with Gasteiger partial charge >= 0.3 is 17.9 Å². The van der Waals surface area contributed by atoms with Crippen LogP contribution in [0.4, 0.5) is 0 Å². The molecule has 0 saturated carbocycles. The van der Waals surface area contributed by atoms with Crippen LogP contribution in [0.5, 0.6) is 0 Å². The van der Waals surface area contributed by atoms with E-state index < -0.39 is 17.9 Å². The van der Waals surface area contributed by atoms with Crippen molar-refractivity contribution in [1.29, 1.82) is 0 Å². The van der Waals surface area contributed by atoms with Gasteiger partial charge in [-0.2, -0.15) is 0 Å². The average molecular weight is 858 g/mol. The van der Waals surface area contributed by atoms with Crippen molar-refractivity contribution in [3.05, 3.63) is 36.5 Å². The van der Waals surface area contributed by atoms with Gasteiger partial charge in [0.05, 0.1) is 0 Å². The van der Waals surface area contributed by atoms with E-state index in [4.69, 9.17) is 14.5 Å². The second-order valence-corrected chi connectivity index (χ2v) is 17.6. The third-order valence-corrected chi connectivity index (χ3v) is 11.5. The largest absolute Gasteiger partial charge is 0.332 e. The number of nitrogens with zero attached hydrogens (tertiary/aromatic N) is 1. The summed E-state index contributed by atoms with van der Waals surface area (Å²) in [7, 11) is 0. The molecule has 0 saturated heterocycles. The third kappa shape index (κ3) is 48.5. The number of carbonyl (C=O) groups excluding carboxylic acids is 3. The van der Waals surface area contributed by atoms with Gasteiger partial charge in [-0.15, -0.1) is 0 Å². The van der Waals surface area contributed by atoms with E-state index in [0.717, 1.165) is 96.3 Å². The van der Waals surface area contributed by atoms with Crippen LogP contribution in [-0.2, 0) is 28.9 Å². The lowest BCUT2D eigenvalue weighted by Gasteiger charge is -2.17. The summed E-state index contributed by atoms with van der Waals surface area (Å²) in [6, 6.07) is 0. The Labute approximate surface area is 377 Å². The van der Waals surface area contributed by atoms with Crippen LogP contribution in [0.25, 0.3) is 0 Å². The maximum atomic E-state index is 12.7. The molecule has 61 heavy (non-hydrogen) atoms. The van der Waals surface area contributed by atoms with Crippen LogP contribution in [-0.4, -0.2) is 23.3 Å². The van der Waals surface area contributed by atoms with Crippen LogP contribution in [0.1, 0.15) is 290 Å². The lowest BCUT2D eigenvalue weighted by atomic mass is 10.1. The summed E-state index contributed by atoms with van der Waals surface area (Å²) < 4.78 is 0. The highest BCUT2D eigenvalue weighted by molar-refractivity contribution is 5.71. The molecule has 0 radical (unpaired) electrons. The van der Waals surface area contributed by atoms with E-state index in [1.165, 1.54) is 135 Å². The number of allylic oxidation sites excluding steroid dienone is 6. The number of rotatable bonds is 48. The van der Waals surface area contributed by atoms with Crippen LogP contribution >= 0.6 is 0 Å². The van der Waals surface area contributed by atoms with Crippen molar-refractivity contribution in [2.45, 2.75) is 290 Å². The third-order valence-electron chi connectivity index (χ3n) is 11.5.